The van der Waals surface area contributed by atoms with Gasteiger partial charge in [0, 0.05) is 12.1 Å². The highest BCUT2D eigenvalue weighted by atomic mass is 14.9. The predicted molar refractivity (Wildman–Crippen MR) is 77.3 cm³/mol. The Bertz CT molecular complexity index is 222. The first-order chi connectivity index (χ1) is 7.82. The lowest BCUT2D eigenvalue weighted by atomic mass is 9.70. The summed E-state index contributed by atoms with van der Waals surface area (Å²) in [6, 6.07) is 1.42. The molecule has 1 aliphatic carbocycles. The van der Waals surface area contributed by atoms with Gasteiger partial charge in [0.1, 0.15) is 0 Å². The van der Waals surface area contributed by atoms with Crippen LogP contribution in [0.4, 0.5) is 0 Å². The van der Waals surface area contributed by atoms with Gasteiger partial charge in [-0.05, 0) is 49.9 Å². The average molecular weight is 239 g/mol. The summed E-state index contributed by atoms with van der Waals surface area (Å²) in [5.41, 5.74) is 0.533. The van der Waals surface area contributed by atoms with Crippen LogP contribution in [0, 0.1) is 17.3 Å². The van der Waals surface area contributed by atoms with Gasteiger partial charge in [-0.3, -0.25) is 0 Å². The third kappa shape index (κ3) is 5.42. The van der Waals surface area contributed by atoms with Crippen molar-refractivity contribution in [1.82, 2.24) is 5.32 Å². The predicted octanol–water partition coefficient (Wildman–Crippen LogP) is 4.62. The maximum Gasteiger partial charge on any atom is 0.00771 e. The first-order valence-corrected chi connectivity index (χ1v) is 7.58. The second-order valence-electron chi connectivity index (χ2n) is 7.43. The Morgan fingerprint density at radius 1 is 1.24 bits per heavy atom. The van der Waals surface area contributed by atoms with Gasteiger partial charge in [0.05, 0.1) is 0 Å². The lowest BCUT2D eigenvalue weighted by molar-refractivity contribution is 0.143. The summed E-state index contributed by atoms with van der Waals surface area (Å²) in [5.74, 6) is 1.73. The van der Waals surface area contributed by atoms with Crippen molar-refractivity contribution in [3.8, 4) is 0 Å². The second kappa shape index (κ2) is 6.22. The van der Waals surface area contributed by atoms with Crippen LogP contribution in [0.25, 0.3) is 0 Å². The quantitative estimate of drug-likeness (QED) is 0.738. The zero-order chi connectivity index (χ0) is 13.1. The van der Waals surface area contributed by atoms with E-state index in [4.69, 9.17) is 0 Å². The molecule has 17 heavy (non-hydrogen) atoms. The Hall–Kier alpha value is -0.0400. The molecule has 1 heteroatoms. The molecule has 0 bridgehead atoms. The minimum absolute atomic E-state index is 0.533. The van der Waals surface area contributed by atoms with E-state index in [1.807, 2.05) is 0 Å². The van der Waals surface area contributed by atoms with Crippen LogP contribution in [0.15, 0.2) is 0 Å². The molecule has 0 radical (unpaired) electrons. The highest BCUT2D eigenvalue weighted by molar-refractivity contribution is 4.87. The Kier molecular flexibility index (Phi) is 5.50. The van der Waals surface area contributed by atoms with Crippen molar-refractivity contribution >= 4 is 0 Å². The SMILES string of the molecule is CCC(C)CC(C)NC1CC(C)CC(C)(C)C1. The van der Waals surface area contributed by atoms with E-state index in [0.29, 0.717) is 11.5 Å². The van der Waals surface area contributed by atoms with Crippen molar-refractivity contribution in [2.45, 2.75) is 85.7 Å². The van der Waals surface area contributed by atoms with E-state index < -0.39 is 0 Å². The van der Waals surface area contributed by atoms with Crippen LogP contribution in [0.2, 0.25) is 0 Å². The molecule has 0 aromatic carbocycles. The standard InChI is InChI=1S/C16H33N/c1-7-12(2)8-14(4)17-15-9-13(3)10-16(5,6)11-15/h12-15,17H,7-11H2,1-6H3. The summed E-state index contributed by atoms with van der Waals surface area (Å²) < 4.78 is 0. The summed E-state index contributed by atoms with van der Waals surface area (Å²) in [6.07, 6.45) is 6.74. The van der Waals surface area contributed by atoms with Crippen LogP contribution in [0.5, 0.6) is 0 Å². The summed E-state index contributed by atoms with van der Waals surface area (Å²) in [5, 5.41) is 3.87. The molecule has 1 N–H and O–H groups in total. The van der Waals surface area contributed by atoms with Crippen LogP contribution < -0.4 is 5.32 Å². The first kappa shape index (κ1) is 15.0. The molecule has 0 amide bonds. The molecular weight excluding hydrogens is 206 g/mol. The van der Waals surface area contributed by atoms with E-state index in [1.54, 1.807) is 0 Å². The molecule has 0 heterocycles. The van der Waals surface area contributed by atoms with Gasteiger partial charge in [0.25, 0.3) is 0 Å². The summed E-state index contributed by atoms with van der Waals surface area (Å²) >= 11 is 0. The lowest BCUT2D eigenvalue weighted by Gasteiger charge is -2.40. The van der Waals surface area contributed by atoms with Crippen LogP contribution in [0.1, 0.15) is 73.6 Å². The zero-order valence-electron chi connectivity index (χ0n) is 12.8. The molecule has 0 aromatic heterocycles. The number of nitrogens with one attached hydrogen (secondary N) is 1. The monoisotopic (exact) mass is 239 g/mol. The third-order valence-corrected chi connectivity index (χ3v) is 4.36. The Morgan fingerprint density at radius 2 is 1.88 bits per heavy atom. The number of hydrogen-bond acceptors (Lipinski definition) is 1. The van der Waals surface area contributed by atoms with Crippen molar-refractivity contribution < 1.29 is 0 Å². The Balaban J connectivity index is 2.40. The average Bonchev–Trinajstić information content (AvgIpc) is 2.13. The minimum Gasteiger partial charge on any atom is -0.311 e. The van der Waals surface area contributed by atoms with Crippen LogP contribution >= 0.6 is 0 Å². The maximum atomic E-state index is 3.87. The second-order valence-corrected chi connectivity index (χ2v) is 7.43. The molecule has 0 spiro atoms. The minimum atomic E-state index is 0.533. The van der Waals surface area contributed by atoms with Crippen molar-refractivity contribution in [2.24, 2.45) is 17.3 Å². The molecule has 0 aromatic rings. The fourth-order valence-corrected chi connectivity index (χ4v) is 3.71. The summed E-state index contributed by atoms with van der Waals surface area (Å²) in [6.45, 7) is 14.3. The van der Waals surface area contributed by atoms with Gasteiger partial charge in [-0.15, -0.1) is 0 Å². The van der Waals surface area contributed by atoms with Crippen molar-refractivity contribution in [3.63, 3.8) is 0 Å². The van der Waals surface area contributed by atoms with Crippen molar-refractivity contribution in [1.29, 1.82) is 0 Å². The molecule has 4 unspecified atom stereocenters. The van der Waals surface area contributed by atoms with E-state index in [-0.39, 0.29) is 0 Å². The molecule has 1 nitrogen and oxygen atoms in total. The van der Waals surface area contributed by atoms with E-state index in [0.717, 1.165) is 17.9 Å². The first-order valence-electron chi connectivity index (χ1n) is 7.58. The van der Waals surface area contributed by atoms with Gasteiger partial charge in [-0.2, -0.15) is 0 Å². The fourth-order valence-electron chi connectivity index (χ4n) is 3.71. The molecule has 1 fully saturated rings. The van der Waals surface area contributed by atoms with Gasteiger partial charge in [-0.1, -0.05) is 41.0 Å². The normalized spacial score (nSPS) is 32.1. The molecule has 1 rings (SSSR count). The molecule has 4 atom stereocenters. The highest BCUT2D eigenvalue weighted by Gasteiger charge is 2.32. The van der Waals surface area contributed by atoms with E-state index in [9.17, 15) is 0 Å². The van der Waals surface area contributed by atoms with Gasteiger partial charge in [-0.25, -0.2) is 0 Å². The molecule has 102 valence electrons. The number of rotatable bonds is 5. The number of hydrogen-bond donors (Lipinski definition) is 1. The third-order valence-electron chi connectivity index (χ3n) is 4.36. The smallest absolute Gasteiger partial charge is 0.00771 e. The van der Waals surface area contributed by atoms with Gasteiger partial charge < -0.3 is 5.32 Å². The van der Waals surface area contributed by atoms with E-state index in [2.05, 4.69) is 46.9 Å². The summed E-state index contributed by atoms with van der Waals surface area (Å²) in [7, 11) is 0. The van der Waals surface area contributed by atoms with Crippen molar-refractivity contribution in [3.05, 3.63) is 0 Å². The lowest BCUT2D eigenvalue weighted by Crippen LogP contribution is -2.44. The van der Waals surface area contributed by atoms with E-state index in [1.165, 1.54) is 32.1 Å². The molecule has 0 saturated heterocycles. The Labute approximate surface area is 109 Å². The molecule has 1 aliphatic rings. The topological polar surface area (TPSA) is 12.0 Å². The summed E-state index contributed by atoms with van der Waals surface area (Å²) in [4.78, 5) is 0. The zero-order valence-corrected chi connectivity index (χ0v) is 12.8. The van der Waals surface area contributed by atoms with Gasteiger partial charge in [0.15, 0.2) is 0 Å². The highest BCUT2D eigenvalue weighted by Crippen LogP contribution is 2.38. The maximum absolute atomic E-state index is 3.87. The van der Waals surface area contributed by atoms with Gasteiger partial charge in [0.2, 0.25) is 0 Å². The van der Waals surface area contributed by atoms with Crippen molar-refractivity contribution in [2.75, 3.05) is 0 Å². The fraction of sp³-hybridized carbons (Fsp3) is 1.00. The van der Waals surface area contributed by atoms with E-state index >= 15 is 0 Å². The van der Waals surface area contributed by atoms with Gasteiger partial charge >= 0.3 is 0 Å². The largest absolute Gasteiger partial charge is 0.311 e. The van der Waals surface area contributed by atoms with Crippen LogP contribution in [0.3, 0.4) is 0 Å². The Morgan fingerprint density at radius 3 is 2.41 bits per heavy atom. The molecular formula is C16H33N. The molecule has 1 saturated carbocycles. The molecule has 0 aliphatic heterocycles. The van der Waals surface area contributed by atoms with Crippen LogP contribution in [-0.2, 0) is 0 Å². The van der Waals surface area contributed by atoms with Crippen LogP contribution in [-0.4, -0.2) is 12.1 Å².